The summed E-state index contributed by atoms with van der Waals surface area (Å²) in [6.45, 7) is 8.23. The molecule has 2 aliphatic carbocycles. The lowest BCUT2D eigenvalue weighted by Gasteiger charge is -2.39. The van der Waals surface area contributed by atoms with Crippen LogP contribution in [-0.4, -0.2) is 11.7 Å². The van der Waals surface area contributed by atoms with Crippen molar-refractivity contribution in [2.45, 2.75) is 53.0 Å². The zero-order valence-electron chi connectivity index (χ0n) is 13.9. The Hall–Kier alpha value is -1.64. The molecule has 0 aromatic heterocycles. The molecule has 0 heterocycles. The fourth-order valence-corrected chi connectivity index (χ4v) is 4.52. The molecular weight excluding hydrogens is 274 g/mol. The lowest BCUT2D eigenvalue weighted by atomic mass is 9.64. The second-order valence-corrected chi connectivity index (χ2v) is 7.74. The molecule has 22 heavy (non-hydrogen) atoms. The van der Waals surface area contributed by atoms with Gasteiger partial charge in [0.25, 0.3) is 0 Å². The molecule has 118 valence electrons. The molecule has 2 saturated carbocycles. The third-order valence-corrected chi connectivity index (χ3v) is 6.79. The number of nitrogens with one attached hydrogen (secondary N) is 1. The molecule has 0 saturated heterocycles. The SMILES string of the molecule is C[C@@H](NC(=O)[C@@]12CC[C@](C)(C(=O)C1)C2(C)C)c1ccccc1. The van der Waals surface area contributed by atoms with Crippen LogP contribution in [0.15, 0.2) is 30.3 Å². The zero-order chi connectivity index (χ0) is 16.2. The molecule has 3 heteroatoms. The van der Waals surface area contributed by atoms with E-state index in [1.165, 1.54) is 0 Å². The maximum Gasteiger partial charge on any atom is 0.227 e. The summed E-state index contributed by atoms with van der Waals surface area (Å²) in [5, 5.41) is 3.16. The van der Waals surface area contributed by atoms with E-state index in [-0.39, 0.29) is 28.6 Å². The van der Waals surface area contributed by atoms with Gasteiger partial charge in [0.1, 0.15) is 5.78 Å². The number of hydrogen-bond acceptors (Lipinski definition) is 2. The summed E-state index contributed by atoms with van der Waals surface area (Å²) in [5.41, 5.74) is -0.0742. The minimum absolute atomic E-state index is 0.0403. The summed E-state index contributed by atoms with van der Waals surface area (Å²) in [6.07, 6.45) is 2.03. The van der Waals surface area contributed by atoms with E-state index in [0.29, 0.717) is 6.42 Å². The summed E-state index contributed by atoms with van der Waals surface area (Å²) >= 11 is 0. The third-order valence-electron chi connectivity index (χ3n) is 6.79. The van der Waals surface area contributed by atoms with Crippen molar-refractivity contribution < 1.29 is 9.59 Å². The molecule has 0 unspecified atom stereocenters. The van der Waals surface area contributed by atoms with Gasteiger partial charge in [-0.1, -0.05) is 51.1 Å². The fourth-order valence-electron chi connectivity index (χ4n) is 4.52. The number of amides is 1. The lowest BCUT2D eigenvalue weighted by molar-refractivity contribution is -0.137. The fraction of sp³-hybridized carbons (Fsp3) is 0.579. The Bertz CT molecular complexity index is 622. The van der Waals surface area contributed by atoms with E-state index in [0.717, 1.165) is 18.4 Å². The van der Waals surface area contributed by atoms with Crippen molar-refractivity contribution in [1.82, 2.24) is 5.32 Å². The van der Waals surface area contributed by atoms with Gasteiger partial charge in [-0.2, -0.15) is 0 Å². The summed E-state index contributed by atoms with van der Waals surface area (Å²) in [4.78, 5) is 25.5. The van der Waals surface area contributed by atoms with Gasteiger partial charge in [0.05, 0.1) is 11.5 Å². The highest BCUT2D eigenvalue weighted by Crippen LogP contribution is 2.70. The maximum atomic E-state index is 13.0. The number of Topliss-reactive ketones (excluding diaryl/α,β-unsaturated/α-hetero) is 1. The first kappa shape index (κ1) is 15.3. The molecule has 0 radical (unpaired) electrons. The van der Waals surface area contributed by atoms with Gasteiger partial charge >= 0.3 is 0 Å². The van der Waals surface area contributed by atoms with Crippen molar-refractivity contribution in [3.8, 4) is 0 Å². The molecule has 1 amide bonds. The van der Waals surface area contributed by atoms with Gasteiger partial charge in [-0.3, -0.25) is 9.59 Å². The van der Waals surface area contributed by atoms with Gasteiger partial charge in [-0.25, -0.2) is 0 Å². The highest BCUT2D eigenvalue weighted by Gasteiger charge is 2.72. The topological polar surface area (TPSA) is 46.2 Å². The first-order chi connectivity index (χ1) is 10.2. The molecule has 1 N–H and O–H groups in total. The molecule has 3 atom stereocenters. The van der Waals surface area contributed by atoms with Crippen LogP contribution in [0.25, 0.3) is 0 Å². The lowest BCUT2D eigenvalue weighted by Crippen LogP contribution is -2.47. The number of benzene rings is 1. The number of rotatable bonds is 3. The maximum absolute atomic E-state index is 13.0. The Balaban J connectivity index is 1.85. The number of ketones is 1. The van der Waals surface area contributed by atoms with Crippen molar-refractivity contribution >= 4 is 11.7 Å². The molecule has 1 aromatic rings. The van der Waals surface area contributed by atoms with Gasteiger partial charge in [-0.05, 0) is 30.7 Å². The normalized spacial score (nSPS) is 33.7. The van der Waals surface area contributed by atoms with Crippen LogP contribution in [0.4, 0.5) is 0 Å². The van der Waals surface area contributed by atoms with E-state index in [1.54, 1.807) is 0 Å². The van der Waals surface area contributed by atoms with Crippen LogP contribution in [-0.2, 0) is 9.59 Å². The molecule has 0 aliphatic heterocycles. The summed E-state index contributed by atoms with van der Waals surface area (Å²) in [6, 6.07) is 9.93. The van der Waals surface area contributed by atoms with E-state index < -0.39 is 5.41 Å². The zero-order valence-corrected chi connectivity index (χ0v) is 13.9. The van der Waals surface area contributed by atoms with E-state index in [1.807, 2.05) is 44.2 Å². The van der Waals surface area contributed by atoms with Crippen LogP contribution >= 0.6 is 0 Å². The summed E-state index contributed by atoms with van der Waals surface area (Å²) in [7, 11) is 0. The Morgan fingerprint density at radius 3 is 2.27 bits per heavy atom. The van der Waals surface area contributed by atoms with Crippen LogP contribution in [0.1, 0.15) is 58.6 Å². The average molecular weight is 299 g/mol. The van der Waals surface area contributed by atoms with Crippen molar-refractivity contribution in [1.29, 1.82) is 0 Å². The van der Waals surface area contributed by atoms with E-state index in [4.69, 9.17) is 0 Å². The number of fused-ring (bicyclic) bond motifs is 2. The first-order valence-electron chi connectivity index (χ1n) is 8.14. The van der Waals surface area contributed by atoms with Crippen molar-refractivity contribution in [2.24, 2.45) is 16.2 Å². The van der Waals surface area contributed by atoms with Crippen LogP contribution in [0.3, 0.4) is 0 Å². The molecule has 0 spiro atoms. The van der Waals surface area contributed by atoms with Gasteiger partial charge in [0.15, 0.2) is 0 Å². The Morgan fingerprint density at radius 2 is 1.77 bits per heavy atom. The molecular formula is C19H25NO2. The molecule has 3 rings (SSSR count). The quantitative estimate of drug-likeness (QED) is 0.926. The van der Waals surface area contributed by atoms with Crippen molar-refractivity contribution in [2.75, 3.05) is 0 Å². The predicted molar refractivity (Wildman–Crippen MR) is 86.2 cm³/mol. The average Bonchev–Trinajstić information content (AvgIpc) is 2.78. The third kappa shape index (κ3) is 1.74. The van der Waals surface area contributed by atoms with Crippen LogP contribution in [0, 0.1) is 16.2 Å². The monoisotopic (exact) mass is 299 g/mol. The Kier molecular flexibility index (Phi) is 3.24. The smallest absolute Gasteiger partial charge is 0.227 e. The van der Waals surface area contributed by atoms with Gasteiger partial charge in [-0.15, -0.1) is 0 Å². The van der Waals surface area contributed by atoms with Gasteiger partial charge in [0, 0.05) is 11.8 Å². The molecule has 2 bridgehead atoms. The largest absolute Gasteiger partial charge is 0.349 e. The summed E-state index contributed by atoms with van der Waals surface area (Å²) < 4.78 is 0. The standard InChI is InChI=1S/C19H25NO2/c1-13(14-8-6-5-7-9-14)20-16(22)19-11-10-18(4,15(21)12-19)17(19,2)3/h5-9,13H,10-12H2,1-4H3,(H,20,22)/t13-,18-,19-/m1/s1. The van der Waals surface area contributed by atoms with Gasteiger partial charge < -0.3 is 5.32 Å². The first-order valence-corrected chi connectivity index (χ1v) is 8.14. The predicted octanol–water partition coefficient (Wildman–Crippen LogP) is 3.65. The van der Waals surface area contributed by atoms with Gasteiger partial charge in [0.2, 0.25) is 5.91 Å². The number of carbonyl (C=O) groups is 2. The number of hydrogen-bond donors (Lipinski definition) is 1. The number of carbonyl (C=O) groups excluding carboxylic acids is 2. The van der Waals surface area contributed by atoms with E-state index >= 15 is 0 Å². The van der Waals surface area contributed by atoms with Crippen LogP contribution in [0.5, 0.6) is 0 Å². The van der Waals surface area contributed by atoms with E-state index in [2.05, 4.69) is 19.2 Å². The second-order valence-electron chi connectivity index (χ2n) is 7.74. The minimum atomic E-state index is -0.540. The highest BCUT2D eigenvalue weighted by atomic mass is 16.2. The molecule has 2 fully saturated rings. The Labute approximate surface area is 132 Å². The molecule has 2 aliphatic rings. The Morgan fingerprint density at radius 1 is 1.14 bits per heavy atom. The van der Waals surface area contributed by atoms with E-state index in [9.17, 15) is 9.59 Å². The molecule has 1 aromatic carbocycles. The van der Waals surface area contributed by atoms with Crippen molar-refractivity contribution in [3.05, 3.63) is 35.9 Å². The van der Waals surface area contributed by atoms with Crippen LogP contribution in [0.2, 0.25) is 0 Å². The summed E-state index contributed by atoms with van der Waals surface area (Å²) in [5.74, 6) is 0.301. The van der Waals surface area contributed by atoms with Crippen LogP contribution < -0.4 is 5.32 Å². The highest BCUT2D eigenvalue weighted by molar-refractivity contribution is 5.99. The van der Waals surface area contributed by atoms with Crippen molar-refractivity contribution in [3.63, 3.8) is 0 Å². The second kappa shape index (κ2) is 4.68. The minimum Gasteiger partial charge on any atom is -0.349 e. The molecule has 3 nitrogen and oxygen atoms in total.